The van der Waals surface area contributed by atoms with Gasteiger partial charge in [-0.05, 0) is 0 Å². The summed E-state index contributed by atoms with van der Waals surface area (Å²) in [5, 5.41) is 33.1. The zero-order valence-electron chi connectivity index (χ0n) is 7.97. The third-order valence-corrected chi connectivity index (χ3v) is 2.37. The summed E-state index contributed by atoms with van der Waals surface area (Å²) in [6.45, 7) is 1.38. The minimum atomic E-state index is -0.987. The van der Waals surface area contributed by atoms with Crippen LogP contribution in [-0.2, 0) is 4.79 Å². The third-order valence-electron chi connectivity index (χ3n) is 2.37. The van der Waals surface area contributed by atoms with Gasteiger partial charge in [-0.15, -0.1) is 0 Å². The average molecular weight is 204 g/mol. The fraction of sp³-hybridized carbons (Fsp3) is 0.875. The molecule has 5 N–H and O–H groups in total. The molecule has 0 saturated carbocycles. The van der Waals surface area contributed by atoms with Crippen molar-refractivity contribution in [1.82, 2.24) is 10.6 Å². The van der Waals surface area contributed by atoms with Gasteiger partial charge in [0.2, 0.25) is 5.91 Å². The van der Waals surface area contributed by atoms with Crippen LogP contribution in [0.15, 0.2) is 0 Å². The van der Waals surface area contributed by atoms with Crippen LogP contribution in [0.1, 0.15) is 6.92 Å². The first-order valence-corrected chi connectivity index (χ1v) is 4.53. The number of carbonyl (C=O) groups excluding carboxylic acids is 1. The van der Waals surface area contributed by atoms with E-state index < -0.39 is 24.3 Å². The van der Waals surface area contributed by atoms with Gasteiger partial charge >= 0.3 is 0 Å². The summed E-state index contributed by atoms with van der Waals surface area (Å²) >= 11 is 0. The summed E-state index contributed by atoms with van der Waals surface area (Å²) in [5.74, 6) is -0.194. The minimum Gasteiger partial charge on any atom is -0.395 e. The smallest absolute Gasteiger partial charge is 0.216 e. The Kier molecular flexibility index (Phi) is 3.82. The lowest BCUT2D eigenvalue weighted by molar-refractivity contribution is -0.119. The quantitative estimate of drug-likeness (QED) is 0.341. The summed E-state index contributed by atoms with van der Waals surface area (Å²) < 4.78 is 0. The van der Waals surface area contributed by atoms with Crippen LogP contribution in [0, 0.1) is 0 Å². The summed E-state index contributed by atoms with van der Waals surface area (Å²) in [6.07, 6.45) is -1.95. The predicted molar refractivity (Wildman–Crippen MR) is 48.5 cm³/mol. The van der Waals surface area contributed by atoms with Crippen LogP contribution < -0.4 is 10.6 Å². The van der Waals surface area contributed by atoms with Crippen molar-refractivity contribution in [3.63, 3.8) is 0 Å². The van der Waals surface area contributed by atoms with Crippen LogP contribution in [0.5, 0.6) is 0 Å². The van der Waals surface area contributed by atoms with Crippen LogP contribution in [0.25, 0.3) is 0 Å². The Morgan fingerprint density at radius 2 is 1.93 bits per heavy atom. The molecule has 0 spiro atoms. The molecule has 6 nitrogen and oxygen atoms in total. The van der Waals surface area contributed by atoms with E-state index in [1.165, 1.54) is 6.92 Å². The number of aliphatic hydroxyl groups excluding tert-OH is 3. The Labute approximate surface area is 81.9 Å². The summed E-state index contributed by atoms with van der Waals surface area (Å²) in [7, 11) is 0. The van der Waals surface area contributed by atoms with E-state index in [2.05, 4.69) is 10.6 Å². The molecule has 82 valence electrons. The third kappa shape index (κ3) is 2.42. The van der Waals surface area contributed by atoms with Gasteiger partial charge in [0.05, 0.1) is 30.9 Å². The van der Waals surface area contributed by atoms with Crippen molar-refractivity contribution < 1.29 is 20.1 Å². The number of rotatable bonds is 3. The molecule has 4 atom stereocenters. The van der Waals surface area contributed by atoms with E-state index in [9.17, 15) is 15.0 Å². The molecular weight excluding hydrogens is 188 g/mol. The fourth-order valence-electron chi connectivity index (χ4n) is 1.54. The van der Waals surface area contributed by atoms with E-state index in [0.717, 1.165) is 0 Å². The Balaban J connectivity index is 2.44. The van der Waals surface area contributed by atoms with Crippen molar-refractivity contribution in [3.8, 4) is 0 Å². The van der Waals surface area contributed by atoms with Crippen molar-refractivity contribution in [2.45, 2.75) is 31.2 Å². The summed E-state index contributed by atoms with van der Waals surface area (Å²) in [5.41, 5.74) is 0. The zero-order chi connectivity index (χ0) is 10.7. The van der Waals surface area contributed by atoms with Crippen LogP contribution in [0.4, 0.5) is 0 Å². The molecule has 1 heterocycles. The first-order valence-electron chi connectivity index (χ1n) is 4.53. The predicted octanol–water partition coefficient (Wildman–Crippen LogP) is -2.82. The highest BCUT2D eigenvalue weighted by atomic mass is 16.3. The standard InChI is InChI=1S/C8H16N2O4/c1-4(12)9-2-5-7(13)8(14)6(3-11)10-5/h5-8,10-11,13-14H,2-3H2,1H3,(H,9,12)/t5?,6-,7-,8-/m1/s1. The highest BCUT2D eigenvalue weighted by molar-refractivity contribution is 5.72. The molecule has 0 aromatic rings. The Morgan fingerprint density at radius 3 is 2.36 bits per heavy atom. The molecule has 1 aliphatic heterocycles. The van der Waals surface area contributed by atoms with Gasteiger partial charge in [0, 0.05) is 13.5 Å². The topological polar surface area (TPSA) is 102 Å². The fourth-order valence-corrected chi connectivity index (χ4v) is 1.54. The van der Waals surface area contributed by atoms with Gasteiger partial charge in [0.1, 0.15) is 0 Å². The van der Waals surface area contributed by atoms with E-state index in [-0.39, 0.29) is 19.1 Å². The monoisotopic (exact) mass is 204 g/mol. The molecule has 1 rings (SSSR count). The van der Waals surface area contributed by atoms with Crippen molar-refractivity contribution in [2.75, 3.05) is 13.2 Å². The van der Waals surface area contributed by atoms with Gasteiger partial charge in [0.15, 0.2) is 0 Å². The second-order valence-corrected chi connectivity index (χ2v) is 3.48. The van der Waals surface area contributed by atoms with Crippen molar-refractivity contribution in [1.29, 1.82) is 0 Å². The summed E-state index contributed by atoms with van der Waals surface area (Å²) in [6, 6.07) is -0.935. The highest BCUT2D eigenvalue weighted by Gasteiger charge is 2.40. The summed E-state index contributed by atoms with van der Waals surface area (Å²) in [4.78, 5) is 10.6. The van der Waals surface area contributed by atoms with Crippen LogP contribution in [-0.4, -0.2) is 58.7 Å². The molecular formula is C8H16N2O4. The van der Waals surface area contributed by atoms with E-state index in [4.69, 9.17) is 5.11 Å². The molecule has 1 aliphatic rings. The van der Waals surface area contributed by atoms with Crippen LogP contribution in [0.2, 0.25) is 0 Å². The molecule has 0 bridgehead atoms. The molecule has 14 heavy (non-hydrogen) atoms. The van der Waals surface area contributed by atoms with Crippen molar-refractivity contribution in [3.05, 3.63) is 0 Å². The van der Waals surface area contributed by atoms with Gasteiger partial charge in [-0.1, -0.05) is 0 Å². The Bertz CT molecular complexity index is 212. The van der Waals surface area contributed by atoms with Gasteiger partial charge in [-0.2, -0.15) is 0 Å². The molecule has 0 aliphatic carbocycles. The first kappa shape index (κ1) is 11.4. The van der Waals surface area contributed by atoms with Crippen molar-refractivity contribution in [2.24, 2.45) is 0 Å². The number of carbonyl (C=O) groups is 1. The average Bonchev–Trinajstić information content (AvgIpc) is 2.41. The number of hydrogen-bond donors (Lipinski definition) is 5. The maximum Gasteiger partial charge on any atom is 0.216 e. The molecule has 1 amide bonds. The van der Waals surface area contributed by atoms with E-state index in [1.54, 1.807) is 0 Å². The molecule has 6 heteroatoms. The molecule has 1 unspecified atom stereocenters. The van der Waals surface area contributed by atoms with E-state index in [0.29, 0.717) is 0 Å². The second kappa shape index (κ2) is 4.70. The van der Waals surface area contributed by atoms with E-state index >= 15 is 0 Å². The molecule has 0 aromatic heterocycles. The SMILES string of the molecule is CC(=O)NCC1N[C@H](CO)[C@@H](O)[C@@H]1O. The molecule has 1 saturated heterocycles. The number of hydrogen-bond acceptors (Lipinski definition) is 5. The minimum absolute atomic E-state index is 0.194. The maximum absolute atomic E-state index is 10.6. The number of nitrogens with one attached hydrogen (secondary N) is 2. The van der Waals surface area contributed by atoms with Crippen LogP contribution in [0.3, 0.4) is 0 Å². The zero-order valence-corrected chi connectivity index (χ0v) is 7.97. The van der Waals surface area contributed by atoms with Gasteiger partial charge in [-0.25, -0.2) is 0 Å². The van der Waals surface area contributed by atoms with Crippen LogP contribution >= 0.6 is 0 Å². The highest BCUT2D eigenvalue weighted by Crippen LogP contribution is 2.13. The van der Waals surface area contributed by atoms with Crippen molar-refractivity contribution >= 4 is 5.91 Å². The molecule has 0 aromatic carbocycles. The van der Waals surface area contributed by atoms with Gasteiger partial charge in [0.25, 0.3) is 0 Å². The number of aliphatic hydroxyl groups is 3. The largest absolute Gasteiger partial charge is 0.395 e. The lowest BCUT2D eigenvalue weighted by Gasteiger charge is -2.15. The lowest BCUT2D eigenvalue weighted by atomic mass is 10.1. The molecule has 1 fully saturated rings. The van der Waals surface area contributed by atoms with Gasteiger partial charge < -0.3 is 26.0 Å². The maximum atomic E-state index is 10.6. The Hall–Kier alpha value is -0.690. The number of amides is 1. The van der Waals surface area contributed by atoms with Gasteiger partial charge in [-0.3, -0.25) is 4.79 Å². The lowest BCUT2D eigenvalue weighted by Crippen LogP contribution is -2.43. The van der Waals surface area contributed by atoms with E-state index in [1.807, 2.05) is 0 Å². The Morgan fingerprint density at radius 1 is 1.36 bits per heavy atom. The normalized spacial score (nSPS) is 37.1. The second-order valence-electron chi connectivity index (χ2n) is 3.48. The first-order chi connectivity index (χ1) is 6.56. The molecule has 0 radical (unpaired) electrons.